The number of carbonyl (C=O) groups excluding carboxylic acids is 3. The van der Waals surface area contributed by atoms with E-state index in [0.29, 0.717) is 24.3 Å². The van der Waals surface area contributed by atoms with Gasteiger partial charge in [0.05, 0.1) is 23.3 Å². The highest BCUT2D eigenvalue weighted by molar-refractivity contribution is 6.05. The summed E-state index contributed by atoms with van der Waals surface area (Å²) < 4.78 is 25.7. The van der Waals surface area contributed by atoms with Crippen LogP contribution in [-0.2, 0) is 9.53 Å². The van der Waals surface area contributed by atoms with E-state index in [1.807, 2.05) is 13.8 Å². The molecule has 0 bridgehead atoms. The summed E-state index contributed by atoms with van der Waals surface area (Å²) in [4.78, 5) is 41.5. The van der Waals surface area contributed by atoms with Crippen molar-refractivity contribution < 1.29 is 28.2 Å². The van der Waals surface area contributed by atoms with Gasteiger partial charge in [-0.1, -0.05) is 19.1 Å². The molecule has 0 saturated heterocycles. The Kier molecular flexibility index (Phi) is 8.45. The van der Waals surface area contributed by atoms with Gasteiger partial charge < -0.3 is 24.6 Å². The summed E-state index contributed by atoms with van der Waals surface area (Å²) in [6.07, 6.45) is -0.277. The Morgan fingerprint density at radius 3 is 2.51 bits per heavy atom. The number of halogens is 1. The number of benzene rings is 2. The zero-order chi connectivity index (χ0) is 25.7. The molecular weight excluding hydrogens is 453 g/mol. The molecule has 2 aromatic rings. The summed E-state index contributed by atoms with van der Waals surface area (Å²) in [7, 11) is 3.27. The molecule has 0 aliphatic carbocycles. The second-order valence-corrected chi connectivity index (χ2v) is 8.91. The molecule has 3 amide bonds. The molecule has 2 aromatic carbocycles. The Hall–Kier alpha value is -3.46. The van der Waals surface area contributed by atoms with Gasteiger partial charge in [-0.2, -0.15) is 0 Å². The minimum absolute atomic E-state index is 0.0172. The molecule has 3 atom stereocenters. The van der Waals surface area contributed by atoms with Gasteiger partial charge in [-0.25, -0.2) is 4.39 Å². The van der Waals surface area contributed by atoms with Crippen molar-refractivity contribution >= 4 is 23.4 Å². The lowest BCUT2D eigenvalue weighted by atomic mass is 10.0. The first-order valence-corrected chi connectivity index (χ1v) is 11.5. The van der Waals surface area contributed by atoms with E-state index in [9.17, 15) is 18.8 Å². The number of carbonyl (C=O) groups is 3. The van der Waals surface area contributed by atoms with Gasteiger partial charge in [0.25, 0.3) is 11.8 Å². The quantitative estimate of drug-likeness (QED) is 0.720. The number of nitrogens with one attached hydrogen (secondary N) is 1. The molecule has 0 radical (unpaired) electrons. The number of hydrogen-bond acceptors (Lipinski definition) is 5. The number of fused-ring (bicyclic) bond motifs is 1. The fourth-order valence-corrected chi connectivity index (χ4v) is 4.13. The highest BCUT2D eigenvalue weighted by atomic mass is 19.1. The zero-order valence-electron chi connectivity index (χ0n) is 20.7. The summed E-state index contributed by atoms with van der Waals surface area (Å²) >= 11 is 0. The van der Waals surface area contributed by atoms with Crippen LogP contribution in [0.2, 0.25) is 0 Å². The SMILES string of the molecule is CO[C@H]1CN(C)C(=O)c2ccc(NC(=O)c3ccccc3F)cc2OC[C@H](C)N(C(C)=O)C[C@H]1C. The largest absolute Gasteiger partial charge is 0.491 e. The highest BCUT2D eigenvalue weighted by Crippen LogP contribution is 2.27. The Morgan fingerprint density at radius 2 is 1.86 bits per heavy atom. The Labute approximate surface area is 205 Å². The first-order chi connectivity index (χ1) is 16.6. The van der Waals surface area contributed by atoms with Crippen LogP contribution in [0.3, 0.4) is 0 Å². The molecule has 188 valence electrons. The van der Waals surface area contributed by atoms with Crippen LogP contribution in [-0.4, -0.2) is 73.5 Å². The summed E-state index contributed by atoms with van der Waals surface area (Å²) in [6.45, 7) is 6.28. The number of likely N-dealkylation sites (N-methyl/N-ethyl adjacent to an activating group) is 1. The lowest BCUT2D eigenvalue weighted by Gasteiger charge is -2.35. The van der Waals surface area contributed by atoms with Crippen molar-refractivity contribution in [3.8, 4) is 5.75 Å². The lowest BCUT2D eigenvalue weighted by Crippen LogP contribution is -2.48. The van der Waals surface area contributed by atoms with E-state index >= 15 is 0 Å². The summed E-state index contributed by atoms with van der Waals surface area (Å²) in [6, 6.07) is 10.1. The standard InChI is InChI=1S/C26H32FN3O5/c1-16-13-30(18(3)31)17(2)15-35-23-12-19(28-25(32)20-8-6-7-9-22(20)27)10-11-21(23)26(33)29(4)14-24(16)34-5/h6-12,16-17,24H,13-15H2,1-5H3,(H,28,32)/t16-,17+,24+/m1/s1. The number of anilines is 1. The minimum Gasteiger partial charge on any atom is -0.491 e. The molecule has 0 saturated carbocycles. The average molecular weight is 486 g/mol. The summed E-state index contributed by atoms with van der Waals surface area (Å²) in [5.74, 6) is -1.37. The van der Waals surface area contributed by atoms with Crippen LogP contribution >= 0.6 is 0 Å². The lowest BCUT2D eigenvalue weighted by molar-refractivity contribution is -0.133. The number of ether oxygens (including phenoxy) is 2. The van der Waals surface area contributed by atoms with E-state index in [2.05, 4.69) is 5.32 Å². The highest BCUT2D eigenvalue weighted by Gasteiger charge is 2.29. The number of hydrogen-bond donors (Lipinski definition) is 1. The molecule has 9 heteroatoms. The molecule has 0 aromatic heterocycles. The second-order valence-electron chi connectivity index (χ2n) is 8.91. The van der Waals surface area contributed by atoms with Gasteiger partial charge in [-0.3, -0.25) is 14.4 Å². The van der Waals surface area contributed by atoms with Crippen molar-refractivity contribution in [3.63, 3.8) is 0 Å². The van der Waals surface area contributed by atoms with Crippen molar-refractivity contribution in [1.29, 1.82) is 0 Å². The molecule has 35 heavy (non-hydrogen) atoms. The van der Waals surface area contributed by atoms with Gasteiger partial charge in [0.2, 0.25) is 5.91 Å². The number of rotatable bonds is 3. The van der Waals surface area contributed by atoms with Gasteiger partial charge in [-0.05, 0) is 31.2 Å². The molecular formula is C26H32FN3O5. The second kappa shape index (κ2) is 11.3. The maximum absolute atomic E-state index is 14.0. The molecule has 1 heterocycles. The summed E-state index contributed by atoms with van der Waals surface area (Å²) in [5.41, 5.74) is 0.558. The van der Waals surface area contributed by atoms with Gasteiger partial charge in [0.15, 0.2) is 0 Å². The fraction of sp³-hybridized carbons (Fsp3) is 0.423. The third-order valence-electron chi connectivity index (χ3n) is 6.23. The maximum atomic E-state index is 14.0. The molecule has 8 nitrogen and oxygen atoms in total. The minimum atomic E-state index is -0.635. The van der Waals surface area contributed by atoms with Crippen molar-refractivity contribution in [2.24, 2.45) is 5.92 Å². The van der Waals surface area contributed by atoms with Crippen molar-refractivity contribution in [3.05, 3.63) is 59.4 Å². The normalized spacial score (nSPS) is 21.3. The monoisotopic (exact) mass is 485 g/mol. The molecule has 0 unspecified atom stereocenters. The van der Waals surface area contributed by atoms with Crippen molar-refractivity contribution in [1.82, 2.24) is 9.80 Å². The third kappa shape index (κ3) is 6.16. The number of nitrogens with zero attached hydrogens (tertiary/aromatic N) is 2. The van der Waals surface area contributed by atoms with Gasteiger partial charge >= 0.3 is 0 Å². The van der Waals surface area contributed by atoms with Crippen LogP contribution in [0.1, 0.15) is 41.5 Å². The van der Waals surface area contributed by atoms with Crippen LogP contribution in [0.15, 0.2) is 42.5 Å². The van der Waals surface area contributed by atoms with E-state index in [-0.39, 0.29) is 47.8 Å². The van der Waals surface area contributed by atoms with Crippen molar-refractivity contribution in [2.45, 2.75) is 32.9 Å². The number of methoxy groups -OCH3 is 1. The third-order valence-corrected chi connectivity index (χ3v) is 6.23. The Bertz CT molecular complexity index is 1090. The Morgan fingerprint density at radius 1 is 1.14 bits per heavy atom. The van der Waals surface area contributed by atoms with Crippen LogP contribution < -0.4 is 10.1 Å². The van der Waals surface area contributed by atoms with E-state index in [0.717, 1.165) is 0 Å². The Balaban J connectivity index is 1.95. The number of amides is 3. The maximum Gasteiger partial charge on any atom is 0.258 e. The van der Waals surface area contributed by atoms with Crippen LogP contribution in [0.5, 0.6) is 5.75 Å². The molecule has 1 N–H and O–H groups in total. The predicted octanol–water partition coefficient (Wildman–Crippen LogP) is 3.43. The van der Waals surface area contributed by atoms with Gasteiger partial charge in [-0.15, -0.1) is 0 Å². The zero-order valence-corrected chi connectivity index (χ0v) is 20.7. The fourth-order valence-electron chi connectivity index (χ4n) is 4.13. The van der Waals surface area contributed by atoms with Gasteiger partial charge in [0.1, 0.15) is 18.2 Å². The summed E-state index contributed by atoms with van der Waals surface area (Å²) in [5, 5.41) is 2.65. The van der Waals surface area contributed by atoms with Crippen LogP contribution in [0, 0.1) is 11.7 Å². The van der Waals surface area contributed by atoms with E-state index in [1.54, 1.807) is 42.2 Å². The van der Waals surface area contributed by atoms with Gasteiger partial charge in [0, 0.05) is 51.8 Å². The predicted molar refractivity (Wildman–Crippen MR) is 130 cm³/mol. The first kappa shape index (κ1) is 26.2. The average Bonchev–Trinajstić information content (AvgIpc) is 2.83. The molecule has 1 aliphatic heterocycles. The molecule has 0 spiro atoms. The smallest absolute Gasteiger partial charge is 0.258 e. The van der Waals surface area contributed by atoms with Crippen LogP contribution in [0.25, 0.3) is 0 Å². The van der Waals surface area contributed by atoms with E-state index in [4.69, 9.17) is 9.47 Å². The molecule has 0 fully saturated rings. The molecule has 1 aliphatic rings. The first-order valence-electron chi connectivity index (χ1n) is 11.5. The molecule has 3 rings (SSSR count). The van der Waals surface area contributed by atoms with Crippen LogP contribution in [0.4, 0.5) is 10.1 Å². The van der Waals surface area contributed by atoms with Crippen molar-refractivity contribution in [2.75, 3.05) is 39.2 Å². The van der Waals surface area contributed by atoms with E-state index in [1.165, 1.54) is 31.2 Å². The van der Waals surface area contributed by atoms with E-state index < -0.39 is 11.7 Å². The topological polar surface area (TPSA) is 88.2 Å².